The maximum atomic E-state index is 5.98. The fourth-order valence-corrected chi connectivity index (χ4v) is 4.59. The smallest absolute Gasteiger partial charge is 0.148 e. The van der Waals surface area contributed by atoms with E-state index in [2.05, 4.69) is 96.4 Å². The largest absolute Gasteiger partial charge is 0.487 e. The molecule has 1 N–H and O–H groups in total. The van der Waals surface area contributed by atoms with E-state index in [4.69, 9.17) is 4.74 Å². The van der Waals surface area contributed by atoms with Crippen molar-refractivity contribution >= 4 is 53.5 Å². The summed E-state index contributed by atoms with van der Waals surface area (Å²) in [6.07, 6.45) is 0. The highest BCUT2D eigenvalue weighted by Crippen LogP contribution is 2.35. The van der Waals surface area contributed by atoms with E-state index >= 15 is 0 Å². The van der Waals surface area contributed by atoms with Crippen molar-refractivity contribution in [1.82, 2.24) is 0 Å². The Bertz CT molecular complexity index is 874. The first kappa shape index (κ1) is 19.5. The van der Waals surface area contributed by atoms with Gasteiger partial charge in [-0.2, -0.15) is 0 Å². The van der Waals surface area contributed by atoms with Crippen LogP contribution in [-0.4, -0.2) is 0 Å². The van der Waals surface area contributed by atoms with Gasteiger partial charge in [0.1, 0.15) is 12.4 Å². The minimum atomic E-state index is 0.535. The lowest BCUT2D eigenvalue weighted by Gasteiger charge is -2.14. The molecule has 3 aromatic carbocycles. The second-order valence-corrected chi connectivity index (χ2v) is 8.60. The van der Waals surface area contributed by atoms with E-state index in [1.807, 2.05) is 24.3 Å². The molecule has 0 fully saturated rings. The number of hydrogen-bond donors (Lipinski definition) is 1. The maximum absolute atomic E-state index is 5.98. The molecule has 0 saturated carbocycles. The van der Waals surface area contributed by atoms with Crippen molar-refractivity contribution < 1.29 is 4.74 Å². The van der Waals surface area contributed by atoms with Gasteiger partial charge in [0, 0.05) is 16.7 Å². The van der Waals surface area contributed by atoms with E-state index in [0.717, 1.165) is 42.5 Å². The molecule has 0 bridgehead atoms. The average molecular weight is 540 g/mol. The molecule has 0 unspecified atom stereocenters. The van der Waals surface area contributed by atoms with Crippen LogP contribution in [0.15, 0.2) is 74.1 Å². The van der Waals surface area contributed by atoms with Gasteiger partial charge < -0.3 is 10.1 Å². The van der Waals surface area contributed by atoms with Gasteiger partial charge in [-0.3, -0.25) is 0 Å². The number of rotatable bonds is 6. The third-order valence-electron chi connectivity index (χ3n) is 3.96. The lowest BCUT2D eigenvalue weighted by molar-refractivity contribution is 0.302. The average Bonchev–Trinajstić information content (AvgIpc) is 2.61. The molecular formula is C21H18Br3NO. The Hall–Kier alpha value is -1.30. The van der Waals surface area contributed by atoms with Crippen LogP contribution in [-0.2, 0) is 13.2 Å². The summed E-state index contributed by atoms with van der Waals surface area (Å²) in [5.74, 6) is 0.817. The maximum Gasteiger partial charge on any atom is 0.148 e. The molecule has 0 spiro atoms. The number of hydrogen-bond acceptors (Lipinski definition) is 2. The van der Waals surface area contributed by atoms with E-state index in [-0.39, 0.29) is 0 Å². The molecule has 0 atom stereocenters. The third-order valence-corrected chi connectivity index (χ3v) is 5.63. The zero-order valence-corrected chi connectivity index (χ0v) is 19.0. The summed E-state index contributed by atoms with van der Waals surface area (Å²) in [6.45, 7) is 3.37. The summed E-state index contributed by atoms with van der Waals surface area (Å²) in [4.78, 5) is 0. The summed E-state index contributed by atoms with van der Waals surface area (Å²) < 4.78 is 8.95. The summed E-state index contributed by atoms with van der Waals surface area (Å²) in [6, 6.07) is 20.6. The molecule has 0 aliphatic heterocycles. The molecule has 0 radical (unpaired) electrons. The lowest BCUT2D eigenvalue weighted by Crippen LogP contribution is -2.02. The van der Waals surface area contributed by atoms with Crippen LogP contribution in [0.1, 0.15) is 16.7 Å². The second kappa shape index (κ2) is 9.07. The van der Waals surface area contributed by atoms with Gasteiger partial charge in [-0.1, -0.05) is 46.3 Å². The Labute approximate surface area is 179 Å². The number of aryl methyl sites for hydroxylation is 1. The van der Waals surface area contributed by atoms with Gasteiger partial charge in [0.05, 0.1) is 8.95 Å². The van der Waals surface area contributed by atoms with Crippen LogP contribution in [0.25, 0.3) is 0 Å². The molecule has 26 heavy (non-hydrogen) atoms. The SMILES string of the molecule is Cc1cc(Br)ccc1NCc1cc(Br)c(OCc2ccccc2)c(Br)c1. The van der Waals surface area contributed by atoms with Gasteiger partial charge >= 0.3 is 0 Å². The van der Waals surface area contributed by atoms with Crippen molar-refractivity contribution in [1.29, 1.82) is 0 Å². The standard InChI is InChI=1S/C21H18Br3NO/c1-14-9-17(22)7-8-20(14)25-12-16-10-18(23)21(19(24)11-16)26-13-15-5-3-2-4-6-15/h2-11,25H,12-13H2,1H3. The lowest BCUT2D eigenvalue weighted by atomic mass is 10.1. The van der Waals surface area contributed by atoms with Crippen LogP contribution in [0.3, 0.4) is 0 Å². The van der Waals surface area contributed by atoms with Gasteiger partial charge in [0.2, 0.25) is 0 Å². The fraction of sp³-hybridized carbons (Fsp3) is 0.143. The second-order valence-electron chi connectivity index (χ2n) is 5.98. The zero-order valence-electron chi connectivity index (χ0n) is 14.2. The van der Waals surface area contributed by atoms with Gasteiger partial charge in [-0.25, -0.2) is 0 Å². The molecule has 0 saturated heterocycles. The van der Waals surface area contributed by atoms with Gasteiger partial charge in [-0.05, 0) is 85.8 Å². The molecule has 134 valence electrons. The van der Waals surface area contributed by atoms with Crippen molar-refractivity contribution in [2.75, 3.05) is 5.32 Å². The molecule has 0 aromatic heterocycles. The van der Waals surface area contributed by atoms with E-state index in [1.54, 1.807) is 0 Å². The molecule has 3 rings (SSSR count). The molecule has 0 heterocycles. The molecule has 0 aliphatic carbocycles. The van der Waals surface area contributed by atoms with Gasteiger partial charge in [-0.15, -0.1) is 0 Å². The van der Waals surface area contributed by atoms with Gasteiger partial charge in [0.15, 0.2) is 0 Å². The predicted octanol–water partition coefficient (Wildman–Crippen LogP) is 7.47. The van der Waals surface area contributed by atoms with Crippen LogP contribution in [0.2, 0.25) is 0 Å². The number of nitrogens with one attached hydrogen (secondary N) is 1. The van der Waals surface area contributed by atoms with Crippen molar-refractivity contribution in [2.24, 2.45) is 0 Å². The van der Waals surface area contributed by atoms with Crippen molar-refractivity contribution in [3.63, 3.8) is 0 Å². The van der Waals surface area contributed by atoms with Gasteiger partial charge in [0.25, 0.3) is 0 Å². The zero-order chi connectivity index (χ0) is 18.5. The van der Waals surface area contributed by atoms with Crippen LogP contribution in [0.5, 0.6) is 5.75 Å². The molecule has 5 heteroatoms. The monoisotopic (exact) mass is 537 g/mol. The van der Waals surface area contributed by atoms with E-state index in [1.165, 1.54) is 5.56 Å². The first-order valence-electron chi connectivity index (χ1n) is 8.17. The number of halogens is 3. The van der Waals surface area contributed by atoms with Crippen LogP contribution in [0, 0.1) is 6.92 Å². The van der Waals surface area contributed by atoms with Crippen molar-refractivity contribution in [2.45, 2.75) is 20.1 Å². The highest BCUT2D eigenvalue weighted by molar-refractivity contribution is 9.11. The highest BCUT2D eigenvalue weighted by Gasteiger charge is 2.10. The molecule has 2 nitrogen and oxygen atoms in total. The normalized spacial score (nSPS) is 10.6. The number of ether oxygens (including phenoxy) is 1. The van der Waals surface area contributed by atoms with Crippen molar-refractivity contribution in [3.05, 3.63) is 90.8 Å². The number of benzene rings is 3. The summed E-state index contributed by atoms with van der Waals surface area (Å²) in [5.41, 5.74) is 4.64. The number of anilines is 1. The van der Waals surface area contributed by atoms with Crippen LogP contribution < -0.4 is 10.1 Å². The first-order valence-corrected chi connectivity index (χ1v) is 10.6. The van der Waals surface area contributed by atoms with Crippen LogP contribution in [0.4, 0.5) is 5.69 Å². The first-order chi connectivity index (χ1) is 12.5. The molecule has 0 aliphatic rings. The molecule has 3 aromatic rings. The molecule has 0 amide bonds. The van der Waals surface area contributed by atoms with Crippen LogP contribution >= 0.6 is 47.8 Å². The Morgan fingerprint density at radius 2 is 1.54 bits per heavy atom. The minimum absolute atomic E-state index is 0.535. The highest BCUT2D eigenvalue weighted by atomic mass is 79.9. The Balaban J connectivity index is 1.68. The minimum Gasteiger partial charge on any atom is -0.487 e. The van der Waals surface area contributed by atoms with E-state index < -0.39 is 0 Å². The summed E-state index contributed by atoms with van der Waals surface area (Å²) in [5, 5.41) is 3.48. The topological polar surface area (TPSA) is 21.3 Å². The van der Waals surface area contributed by atoms with E-state index in [0.29, 0.717) is 6.61 Å². The summed E-state index contributed by atoms with van der Waals surface area (Å²) in [7, 11) is 0. The third kappa shape index (κ3) is 5.12. The fourth-order valence-electron chi connectivity index (χ4n) is 2.60. The quantitative estimate of drug-likeness (QED) is 0.351. The van der Waals surface area contributed by atoms with Crippen molar-refractivity contribution in [3.8, 4) is 5.75 Å². The molecular weight excluding hydrogens is 522 g/mol. The summed E-state index contributed by atoms with van der Waals surface area (Å²) >= 11 is 10.8. The van der Waals surface area contributed by atoms with E-state index in [9.17, 15) is 0 Å². The predicted molar refractivity (Wildman–Crippen MR) is 119 cm³/mol. The Morgan fingerprint density at radius 3 is 2.19 bits per heavy atom. The Morgan fingerprint density at radius 1 is 0.846 bits per heavy atom. The Kier molecular flexibility index (Phi) is 6.79.